The van der Waals surface area contributed by atoms with Crippen LogP contribution in [0.2, 0.25) is 0 Å². The van der Waals surface area contributed by atoms with Gasteiger partial charge in [0, 0.05) is 4.83 Å². The van der Waals surface area contributed by atoms with Crippen LogP contribution in [0.15, 0.2) is 18.2 Å². The predicted octanol–water partition coefficient (Wildman–Crippen LogP) is 5.02. The lowest BCUT2D eigenvalue weighted by Gasteiger charge is -2.27. The van der Waals surface area contributed by atoms with Crippen molar-refractivity contribution in [1.82, 2.24) is 0 Å². The van der Waals surface area contributed by atoms with Crippen LogP contribution in [0.1, 0.15) is 48.1 Å². The van der Waals surface area contributed by atoms with Crippen molar-refractivity contribution in [2.75, 3.05) is 7.11 Å². The third kappa shape index (κ3) is 3.04. The van der Waals surface area contributed by atoms with E-state index in [1.165, 1.54) is 43.2 Å². The van der Waals surface area contributed by atoms with Gasteiger partial charge in [-0.1, -0.05) is 47.3 Å². The van der Waals surface area contributed by atoms with Crippen LogP contribution in [0.3, 0.4) is 0 Å². The molecule has 1 aliphatic carbocycles. The van der Waals surface area contributed by atoms with Crippen LogP contribution >= 0.6 is 15.9 Å². The van der Waals surface area contributed by atoms with Crippen LogP contribution < -0.4 is 4.74 Å². The van der Waals surface area contributed by atoms with E-state index in [0.29, 0.717) is 4.83 Å². The second-order valence-corrected chi connectivity index (χ2v) is 6.02. The Hall–Kier alpha value is -0.500. The molecular weight excluding hydrogens is 276 g/mol. The van der Waals surface area contributed by atoms with Gasteiger partial charge in [-0.15, -0.1) is 0 Å². The summed E-state index contributed by atoms with van der Waals surface area (Å²) in [6, 6.07) is 6.54. The second-order valence-electron chi connectivity index (χ2n) is 5.03. The summed E-state index contributed by atoms with van der Waals surface area (Å²) in [5.41, 5.74) is 2.63. The summed E-state index contributed by atoms with van der Waals surface area (Å²) in [4.78, 5) is 0.507. The predicted molar refractivity (Wildman–Crippen MR) is 76.0 cm³/mol. The molecule has 1 aromatic rings. The van der Waals surface area contributed by atoms with E-state index < -0.39 is 0 Å². The zero-order valence-electron chi connectivity index (χ0n) is 10.7. The lowest BCUT2D eigenvalue weighted by Crippen LogP contribution is -2.12. The van der Waals surface area contributed by atoms with Gasteiger partial charge in [0.05, 0.1) is 7.11 Å². The Labute approximate surface area is 113 Å². The van der Waals surface area contributed by atoms with Crippen molar-refractivity contribution in [2.24, 2.45) is 5.92 Å². The fraction of sp³-hybridized carbons (Fsp3) is 0.600. The molecule has 0 heterocycles. The summed E-state index contributed by atoms with van der Waals surface area (Å²) in [6.07, 6.45) is 6.92. The minimum Gasteiger partial charge on any atom is -0.496 e. The fourth-order valence-electron chi connectivity index (χ4n) is 2.77. The topological polar surface area (TPSA) is 9.23 Å². The number of benzene rings is 1. The van der Waals surface area contributed by atoms with Crippen LogP contribution in [0, 0.1) is 12.8 Å². The van der Waals surface area contributed by atoms with Crippen molar-refractivity contribution in [3.8, 4) is 5.75 Å². The zero-order chi connectivity index (χ0) is 12.3. The quantitative estimate of drug-likeness (QED) is 0.712. The first-order valence-electron chi connectivity index (χ1n) is 6.51. The van der Waals surface area contributed by atoms with Gasteiger partial charge in [0.15, 0.2) is 0 Å². The number of halogens is 1. The molecule has 1 aliphatic rings. The molecule has 0 amide bonds. The highest BCUT2D eigenvalue weighted by Gasteiger charge is 2.23. The van der Waals surface area contributed by atoms with E-state index in [1.807, 2.05) is 0 Å². The van der Waals surface area contributed by atoms with Gasteiger partial charge in [0.25, 0.3) is 0 Å². The van der Waals surface area contributed by atoms with Gasteiger partial charge in [-0.05, 0) is 42.9 Å². The Kier molecular flexibility index (Phi) is 4.49. The highest BCUT2D eigenvalue weighted by Crippen LogP contribution is 2.40. The molecule has 0 aromatic heterocycles. The molecule has 1 atom stereocenters. The summed E-state index contributed by atoms with van der Waals surface area (Å²) in [6.45, 7) is 2.11. The first-order chi connectivity index (χ1) is 8.22. The molecule has 94 valence electrons. The maximum Gasteiger partial charge on any atom is 0.121 e. The number of alkyl halides is 1. The molecule has 0 saturated heterocycles. The molecule has 0 radical (unpaired) electrons. The van der Waals surface area contributed by atoms with Crippen molar-refractivity contribution in [1.29, 1.82) is 0 Å². The third-order valence-corrected chi connectivity index (χ3v) is 5.08. The van der Waals surface area contributed by atoms with E-state index in [0.717, 1.165) is 11.7 Å². The summed E-state index contributed by atoms with van der Waals surface area (Å²) < 4.78 is 5.31. The molecule has 1 aromatic carbocycles. The summed E-state index contributed by atoms with van der Waals surface area (Å²) >= 11 is 3.89. The number of methoxy groups -OCH3 is 1. The Balaban J connectivity index is 2.12. The average Bonchev–Trinajstić information content (AvgIpc) is 2.39. The lowest BCUT2D eigenvalue weighted by atomic mass is 9.84. The number of hydrogen-bond donors (Lipinski definition) is 0. The highest BCUT2D eigenvalue weighted by molar-refractivity contribution is 9.09. The van der Waals surface area contributed by atoms with Gasteiger partial charge in [0.1, 0.15) is 5.75 Å². The minimum atomic E-state index is 0.507. The highest BCUT2D eigenvalue weighted by atomic mass is 79.9. The van der Waals surface area contributed by atoms with E-state index >= 15 is 0 Å². The Morgan fingerprint density at radius 1 is 1.24 bits per heavy atom. The van der Waals surface area contributed by atoms with Crippen molar-refractivity contribution in [3.05, 3.63) is 29.3 Å². The van der Waals surface area contributed by atoms with E-state index in [2.05, 4.69) is 41.1 Å². The molecule has 0 bridgehead atoms. The third-order valence-electron chi connectivity index (χ3n) is 3.80. The first-order valence-corrected chi connectivity index (χ1v) is 7.42. The molecular formula is C15H21BrO. The molecule has 0 spiro atoms. The fourth-order valence-corrected chi connectivity index (χ4v) is 3.59. The maximum absolute atomic E-state index is 5.31. The van der Waals surface area contributed by atoms with E-state index in [4.69, 9.17) is 4.74 Å². The molecule has 1 nitrogen and oxygen atoms in total. The van der Waals surface area contributed by atoms with Gasteiger partial charge in [-0.3, -0.25) is 0 Å². The maximum atomic E-state index is 5.31. The Morgan fingerprint density at radius 2 is 1.94 bits per heavy atom. The molecule has 1 unspecified atom stereocenters. The van der Waals surface area contributed by atoms with Crippen molar-refractivity contribution < 1.29 is 4.74 Å². The number of ether oxygens (including phenoxy) is 1. The summed E-state index contributed by atoms with van der Waals surface area (Å²) in [5, 5.41) is 0. The molecule has 0 N–H and O–H groups in total. The Bertz CT molecular complexity index is 369. The van der Waals surface area contributed by atoms with Gasteiger partial charge >= 0.3 is 0 Å². The Morgan fingerprint density at radius 3 is 2.53 bits per heavy atom. The molecule has 1 saturated carbocycles. The number of aryl methyl sites for hydroxylation is 1. The van der Waals surface area contributed by atoms with Crippen molar-refractivity contribution in [3.63, 3.8) is 0 Å². The standard InChI is InChI=1S/C15H21BrO/c1-11-10-13(8-9-14(11)17-2)15(16)12-6-4-3-5-7-12/h8-10,12,15H,3-7H2,1-2H3. The van der Waals surface area contributed by atoms with Gasteiger partial charge in [0.2, 0.25) is 0 Å². The van der Waals surface area contributed by atoms with Crippen LogP contribution in [0.5, 0.6) is 5.75 Å². The van der Waals surface area contributed by atoms with Crippen LogP contribution in [-0.2, 0) is 0 Å². The van der Waals surface area contributed by atoms with E-state index in [9.17, 15) is 0 Å². The average molecular weight is 297 g/mol. The monoisotopic (exact) mass is 296 g/mol. The van der Waals surface area contributed by atoms with Gasteiger partial charge in [-0.25, -0.2) is 0 Å². The largest absolute Gasteiger partial charge is 0.496 e. The smallest absolute Gasteiger partial charge is 0.121 e. The summed E-state index contributed by atoms with van der Waals surface area (Å²) in [7, 11) is 1.73. The van der Waals surface area contributed by atoms with Crippen LogP contribution in [0.4, 0.5) is 0 Å². The molecule has 1 fully saturated rings. The lowest BCUT2D eigenvalue weighted by molar-refractivity contribution is 0.354. The van der Waals surface area contributed by atoms with Gasteiger partial charge in [-0.2, -0.15) is 0 Å². The molecule has 17 heavy (non-hydrogen) atoms. The second kappa shape index (κ2) is 5.90. The number of rotatable bonds is 3. The van der Waals surface area contributed by atoms with Crippen molar-refractivity contribution in [2.45, 2.75) is 43.9 Å². The molecule has 2 rings (SSSR count). The SMILES string of the molecule is COc1ccc(C(Br)C2CCCCC2)cc1C. The molecule has 2 heteroatoms. The minimum absolute atomic E-state index is 0.507. The van der Waals surface area contributed by atoms with E-state index in [1.54, 1.807) is 7.11 Å². The van der Waals surface area contributed by atoms with Crippen molar-refractivity contribution >= 4 is 15.9 Å². The summed E-state index contributed by atoms with van der Waals surface area (Å²) in [5.74, 6) is 1.79. The van der Waals surface area contributed by atoms with Gasteiger partial charge < -0.3 is 4.74 Å². The molecule has 0 aliphatic heterocycles. The van der Waals surface area contributed by atoms with E-state index in [-0.39, 0.29) is 0 Å². The van der Waals surface area contributed by atoms with Crippen LogP contribution in [-0.4, -0.2) is 7.11 Å². The van der Waals surface area contributed by atoms with Crippen LogP contribution in [0.25, 0.3) is 0 Å². The first kappa shape index (κ1) is 12.9. The normalized spacial score (nSPS) is 19.0. The number of hydrogen-bond acceptors (Lipinski definition) is 1. The zero-order valence-corrected chi connectivity index (χ0v) is 12.3.